The van der Waals surface area contributed by atoms with Crippen molar-refractivity contribution in [2.24, 2.45) is 0 Å². The molecule has 3 aromatic carbocycles. The van der Waals surface area contributed by atoms with Crippen LogP contribution in [0.5, 0.6) is 0 Å². The Kier molecular flexibility index (Phi) is 10.9. The molecule has 3 aromatic rings. The number of halogens is 3. The van der Waals surface area contributed by atoms with Crippen LogP contribution in [0.4, 0.5) is 10.1 Å². The third-order valence-electron chi connectivity index (χ3n) is 6.04. The Labute approximate surface area is 242 Å². The first-order valence-corrected chi connectivity index (χ1v) is 15.0. The van der Waals surface area contributed by atoms with Crippen LogP contribution in [-0.4, -0.2) is 44.3 Å². The summed E-state index contributed by atoms with van der Waals surface area (Å²) in [6, 6.07) is 17.4. The maximum atomic E-state index is 13.9. The molecule has 0 heterocycles. The Balaban J connectivity index is 2.01. The quantitative estimate of drug-likeness (QED) is 0.255. The molecule has 3 rings (SSSR count). The molecule has 1 N–H and O–H groups in total. The third kappa shape index (κ3) is 8.03. The summed E-state index contributed by atoms with van der Waals surface area (Å²) in [5.74, 6) is -1.69. The molecule has 0 radical (unpaired) electrons. The van der Waals surface area contributed by atoms with Crippen LogP contribution in [0.15, 0.2) is 82.2 Å². The average molecular weight is 639 g/mol. The minimum absolute atomic E-state index is 0.0149. The number of hydrogen-bond donors (Lipinski definition) is 1. The van der Waals surface area contributed by atoms with Crippen LogP contribution in [0.25, 0.3) is 0 Å². The molecule has 0 spiro atoms. The Morgan fingerprint density at radius 3 is 2.41 bits per heavy atom. The number of unbranched alkanes of at least 4 members (excludes halogenated alkanes) is 1. The van der Waals surface area contributed by atoms with Crippen LogP contribution in [-0.2, 0) is 26.2 Å². The van der Waals surface area contributed by atoms with Crippen LogP contribution in [0.3, 0.4) is 0 Å². The molecular weight excluding hydrogens is 609 g/mol. The van der Waals surface area contributed by atoms with Gasteiger partial charge in [-0.25, -0.2) is 12.8 Å². The van der Waals surface area contributed by atoms with Crippen LogP contribution in [0, 0.1) is 5.82 Å². The maximum Gasteiger partial charge on any atom is 0.264 e. The number of carbonyl (C=O) groups is 2. The van der Waals surface area contributed by atoms with E-state index < -0.39 is 34.3 Å². The molecular formula is C28H30BrClFN3O4S. The van der Waals surface area contributed by atoms with E-state index in [1.165, 1.54) is 23.1 Å². The number of nitrogens with zero attached hydrogens (tertiary/aromatic N) is 2. The molecule has 0 aliphatic carbocycles. The fourth-order valence-corrected chi connectivity index (χ4v) is 5.89. The molecule has 0 fully saturated rings. The van der Waals surface area contributed by atoms with E-state index in [1.807, 2.05) is 25.1 Å². The van der Waals surface area contributed by atoms with Gasteiger partial charge in [-0.3, -0.25) is 13.9 Å². The summed E-state index contributed by atoms with van der Waals surface area (Å²) in [7, 11) is -4.26. The summed E-state index contributed by atoms with van der Waals surface area (Å²) in [5.41, 5.74) is 0.759. The predicted molar refractivity (Wildman–Crippen MR) is 154 cm³/mol. The van der Waals surface area contributed by atoms with Crippen LogP contribution in [0.2, 0.25) is 5.02 Å². The second-order valence-corrected chi connectivity index (χ2v) is 12.1. The molecule has 0 aliphatic rings. The smallest absolute Gasteiger partial charge is 0.264 e. The summed E-state index contributed by atoms with van der Waals surface area (Å²) in [5, 5.41) is 2.55. The highest BCUT2D eigenvalue weighted by Gasteiger charge is 2.32. The van der Waals surface area contributed by atoms with E-state index >= 15 is 0 Å². The van der Waals surface area contributed by atoms with Crippen LogP contribution >= 0.6 is 27.5 Å². The zero-order valence-electron chi connectivity index (χ0n) is 21.6. The lowest BCUT2D eigenvalue weighted by molar-refractivity contribution is -0.139. The van der Waals surface area contributed by atoms with Gasteiger partial charge in [0.15, 0.2) is 0 Å². The number of anilines is 1. The second-order valence-electron chi connectivity index (χ2n) is 8.90. The summed E-state index contributed by atoms with van der Waals surface area (Å²) < 4.78 is 43.0. The van der Waals surface area contributed by atoms with Crippen molar-refractivity contribution in [1.29, 1.82) is 0 Å². The standard InChI is InChI=1S/C28H30BrClFN3O4S/c1-3-4-15-32-28(36)20(2)33(18-21-9-8-10-22(29)16-21)27(35)19-34(23-13-14-26(31)25(30)17-23)39(37,38)24-11-6-5-7-12-24/h5-14,16-17,20H,3-4,15,18-19H2,1-2H3,(H,32,36)/t20-/m0/s1. The average Bonchev–Trinajstić information content (AvgIpc) is 2.92. The number of amides is 2. The van der Waals surface area contributed by atoms with Gasteiger partial charge in [-0.05, 0) is 61.4 Å². The van der Waals surface area contributed by atoms with Crippen molar-refractivity contribution in [3.05, 3.63) is 93.7 Å². The molecule has 39 heavy (non-hydrogen) atoms. The highest BCUT2D eigenvalue weighted by atomic mass is 79.9. The first-order valence-electron chi connectivity index (χ1n) is 12.4. The molecule has 0 aromatic heterocycles. The van der Waals surface area contributed by atoms with Crippen LogP contribution in [0.1, 0.15) is 32.3 Å². The van der Waals surface area contributed by atoms with Gasteiger partial charge in [-0.15, -0.1) is 0 Å². The van der Waals surface area contributed by atoms with E-state index in [-0.39, 0.29) is 28.1 Å². The largest absolute Gasteiger partial charge is 0.354 e. The van der Waals surface area contributed by atoms with Crippen molar-refractivity contribution in [3.8, 4) is 0 Å². The first kappa shape index (κ1) is 30.6. The van der Waals surface area contributed by atoms with Gasteiger partial charge in [0.1, 0.15) is 18.4 Å². The fraction of sp³-hybridized carbons (Fsp3) is 0.286. The number of benzene rings is 3. The second kappa shape index (κ2) is 13.9. The van der Waals surface area contributed by atoms with E-state index in [0.717, 1.165) is 39.3 Å². The highest BCUT2D eigenvalue weighted by Crippen LogP contribution is 2.28. The number of carbonyl (C=O) groups excluding carboxylic acids is 2. The van der Waals surface area contributed by atoms with E-state index in [9.17, 15) is 22.4 Å². The molecule has 1 atom stereocenters. The minimum Gasteiger partial charge on any atom is -0.354 e. The lowest BCUT2D eigenvalue weighted by atomic mass is 10.1. The molecule has 11 heteroatoms. The summed E-state index contributed by atoms with van der Waals surface area (Å²) in [4.78, 5) is 28.1. The van der Waals surface area contributed by atoms with Gasteiger partial charge in [-0.2, -0.15) is 0 Å². The molecule has 7 nitrogen and oxygen atoms in total. The molecule has 0 saturated carbocycles. The number of rotatable bonds is 12. The van der Waals surface area contributed by atoms with Crippen molar-refractivity contribution in [3.63, 3.8) is 0 Å². The van der Waals surface area contributed by atoms with Gasteiger partial charge in [0, 0.05) is 17.6 Å². The van der Waals surface area contributed by atoms with Gasteiger partial charge in [0.25, 0.3) is 10.0 Å². The SMILES string of the molecule is CCCCNC(=O)[C@H](C)N(Cc1cccc(Br)c1)C(=O)CN(c1ccc(F)c(Cl)c1)S(=O)(=O)c1ccccc1. The summed E-state index contributed by atoms with van der Waals surface area (Å²) >= 11 is 9.40. The zero-order valence-corrected chi connectivity index (χ0v) is 24.8. The summed E-state index contributed by atoms with van der Waals surface area (Å²) in [6.45, 7) is 3.48. The van der Waals surface area contributed by atoms with Crippen LogP contribution < -0.4 is 9.62 Å². The Bertz CT molecular complexity index is 1410. The Morgan fingerprint density at radius 1 is 1.05 bits per heavy atom. The molecule has 0 unspecified atom stereocenters. The van der Waals surface area contributed by atoms with E-state index in [1.54, 1.807) is 31.2 Å². The third-order valence-corrected chi connectivity index (χ3v) is 8.61. The number of sulfonamides is 1. The number of nitrogens with one attached hydrogen (secondary N) is 1. The fourth-order valence-electron chi connectivity index (χ4n) is 3.84. The topological polar surface area (TPSA) is 86.8 Å². The van der Waals surface area contributed by atoms with E-state index in [4.69, 9.17) is 11.6 Å². The normalized spacial score (nSPS) is 12.0. The van der Waals surface area contributed by atoms with E-state index in [2.05, 4.69) is 21.2 Å². The molecule has 208 valence electrons. The van der Waals surface area contributed by atoms with Gasteiger partial charge in [-0.1, -0.05) is 71.2 Å². The first-order chi connectivity index (χ1) is 18.5. The van der Waals surface area contributed by atoms with Crippen molar-refractivity contribution in [1.82, 2.24) is 10.2 Å². The summed E-state index contributed by atoms with van der Waals surface area (Å²) in [6.07, 6.45) is 1.67. The van der Waals surface area contributed by atoms with Crippen molar-refractivity contribution in [2.45, 2.75) is 44.2 Å². The zero-order chi connectivity index (χ0) is 28.6. The predicted octanol–water partition coefficient (Wildman–Crippen LogP) is 5.77. The minimum atomic E-state index is -4.26. The lowest BCUT2D eigenvalue weighted by Crippen LogP contribution is -2.51. The molecule has 0 saturated heterocycles. The van der Waals surface area contributed by atoms with Gasteiger partial charge >= 0.3 is 0 Å². The molecule has 2 amide bonds. The lowest BCUT2D eigenvalue weighted by Gasteiger charge is -2.32. The highest BCUT2D eigenvalue weighted by molar-refractivity contribution is 9.10. The van der Waals surface area contributed by atoms with Crippen molar-refractivity contribution >= 4 is 55.1 Å². The Hall–Kier alpha value is -2.95. The molecule has 0 aliphatic heterocycles. The van der Waals surface area contributed by atoms with Crippen molar-refractivity contribution in [2.75, 3.05) is 17.4 Å². The maximum absolute atomic E-state index is 13.9. The van der Waals surface area contributed by atoms with Gasteiger partial charge < -0.3 is 10.2 Å². The van der Waals surface area contributed by atoms with Gasteiger partial charge in [0.2, 0.25) is 11.8 Å². The van der Waals surface area contributed by atoms with Gasteiger partial charge in [0.05, 0.1) is 15.6 Å². The number of hydrogen-bond acceptors (Lipinski definition) is 4. The van der Waals surface area contributed by atoms with E-state index in [0.29, 0.717) is 6.54 Å². The molecule has 0 bridgehead atoms. The Morgan fingerprint density at radius 2 is 1.77 bits per heavy atom. The van der Waals surface area contributed by atoms with Crippen molar-refractivity contribution < 1.29 is 22.4 Å². The monoisotopic (exact) mass is 637 g/mol.